The second kappa shape index (κ2) is 10.7. The number of amides is 1. The molecule has 0 bridgehead atoms. The lowest BCUT2D eigenvalue weighted by Gasteiger charge is -2.37. The summed E-state index contributed by atoms with van der Waals surface area (Å²) in [6, 6.07) is 8.25. The SMILES string of the molecule is CN(Cc1cccc(NC(=O)[C@@]23CCCC[C@H]2CNC3)c1)Cc1cscn1.Cl.Cl. The van der Waals surface area contributed by atoms with Crippen molar-refractivity contribution in [2.24, 2.45) is 11.3 Å². The van der Waals surface area contributed by atoms with Gasteiger partial charge < -0.3 is 10.6 Å². The van der Waals surface area contributed by atoms with Gasteiger partial charge in [0.05, 0.1) is 16.6 Å². The molecule has 1 saturated carbocycles. The van der Waals surface area contributed by atoms with Crippen molar-refractivity contribution in [1.29, 1.82) is 0 Å². The standard InChI is InChI=1S/C21H28N4OS.2ClH/c1-25(12-19-13-27-15-23-19)11-16-5-4-7-18(9-16)24-20(26)21-8-3-2-6-17(21)10-22-14-21;;/h4-5,7,9,13,15,17,22H,2-3,6,8,10-12,14H2,1H3,(H,24,26);2*1H/t17-,21+;;/m0../s1. The molecular formula is C21H30Cl2N4OS. The summed E-state index contributed by atoms with van der Waals surface area (Å²) in [6.07, 6.45) is 4.59. The maximum atomic E-state index is 13.1. The molecule has 2 aliphatic rings. The van der Waals surface area contributed by atoms with Crippen LogP contribution in [-0.4, -0.2) is 35.9 Å². The molecule has 1 aromatic carbocycles. The number of benzene rings is 1. The summed E-state index contributed by atoms with van der Waals surface area (Å²) in [5.74, 6) is 0.684. The molecule has 0 unspecified atom stereocenters. The average Bonchev–Trinajstić information content (AvgIpc) is 3.31. The largest absolute Gasteiger partial charge is 0.326 e. The van der Waals surface area contributed by atoms with Crippen LogP contribution in [-0.2, 0) is 17.9 Å². The Morgan fingerprint density at radius 3 is 3.00 bits per heavy atom. The molecule has 2 heterocycles. The average molecular weight is 457 g/mol. The number of nitrogens with one attached hydrogen (secondary N) is 2. The van der Waals surface area contributed by atoms with Crippen LogP contribution in [0.3, 0.4) is 0 Å². The maximum Gasteiger partial charge on any atom is 0.232 e. The molecule has 2 fully saturated rings. The molecule has 29 heavy (non-hydrogen) atoms. The van der Waals surface area contributed by atoms with Crippen LogP contribution >= 0.6 is 36.2 Å². The van der Waals surface area contributed by atoms with Crippen molar-refractivity contribution in [1.82, 2.24) is 15.2 Å². The molecule has 160 valence electrons. The maximum absolute atomic E-state index is 13.1. The molecule has 1 saturated heterocycles. The second-order valence-electron chi connectivity index (χ2n) is 8.04. The van der Waals surface area contributed by atoms with Gasteiger partial charge in [0.2, 0.25) is 5.91 Å². The predicted octanol–water partition coefficient (Wildman–Crippen LogP) is 4.34. The van der Waals surface area contributed by atoms with Gasteiger partial charge >= 0.3 is 0 Å². The van der Waals surface area contributed by atoms with Crippen LogP contribution in [0.25, 0.3) is 0 Å². The lowest BCUT2D eigenvalue weighted by atomic mass is 9.67. The van der Waals surface area contributed by atoms with E-state index in [1.807, 2.05) is 17.6 Å². The van der Waals surface area contributed by atoms with Gasteiger partial charge in [0, 0.05) is 30.7 Å². The molecule has 2 atom stereocenters. The van der Waals surface area contributed by atoms with Crippen LogP contribution in [0, 0.1) is 11.3 Å². The van der Waals surface area contributed by atoms with Crippen molar-refractivity contribution >= 4 is 47.7 Å². The van der Waals surface area contributed by atoms with E-state index in [9.17, 15) is 4.79 Å². The van der Waals surface area contributed by atoms with E-state index in [0.717, 1.165) is 50.4 Å². The minimum Gasteiger partial charge on any atom is -0.326 e. The first-order valence-corrected chi connectivity index (χ1v) is 10.8. The molecule has 1 aliphatic heterocycles. The van der Waals surface area contributed by atoms with Crippen molar-refractivity contribution < 1.29 is 4.79 Å². The van der Waals surface area contributed by atoms with Gasteiger partial charge in [-0.3, -0.25) is 9.69 Å². The third kappa shape index (κ3) is 5.50. The minimum atomic E-state index is -0.213. The predicted molar refractivity (Wildman–Crippen MR) is 124 cm³/mol. The molecular weight excluding hydrogens is 427 g/mol. The molecule has 5 nitrogen and oxygen atoms in total. The van der Waals surface area contributed by atoms with Crippen molar-refractivity contribution in [2.75, 3.05) is 25.5 Å². The molecule has 0 spiro atoms. The highest BCUT2D eigenvalue weighted by Crippen LogP contribution is 2.44. The minimum absolute atomic E-state index is 0. The van der Waals surface area contributed by atoms with Gasteiger partial charge in [0.15, 0.2) is 0 Å². The number of carbonyl (C=O) groups is 1. The van der Waals surface area contributed by atoms with Crippen LogP contribution in [0.1, 0.15) is 36.9 Å². The van der Waals surface area contributed by atoms with Gasteiger partial charge in [-0.25, -0.2) is 4.98 Å². The first-order valence-electron chi connectivity index (χ1n) is 9.82. The molecule has 2 aromatic rings. The van der Waals surface area contributed by atoms with Crippen molar-refractivity contribution in [3.05, 3.63) is 46.4 Å². The van der Waals surface area contributed by atoms with E-state index in [1.54, 1.807) is 11.3 Å². The Morgan fingerprint density at radius 1 is 1.34 bits per heavy atom. The highest BCUT2D eigenvalue weighted by atomic mass is 35.5. The Bertz CT molecular complexity index is 789. The number of halogens is 2. The molecule has 8 heteroatoms. The highest BCUT2D eigenvalue weighted by molar-refractivity contribution is 7.07. The van der Waals surface area contributed by atoms with Crippen molar-refractivity contribution in [2.45, 2.75) is 38.8 Å². The fourth-order valence-corrected chi connectivity index (χ4v) is 5.20. The number of thiazole rings is 1. The van der Waals surface area contributed by atoms with E-state index in [0.29, 0.717) is 5.92 Å². The Morgan fingerprint density at radius 2 is 2.21 bits per heavy atom. The number of anilines is 1. The number of rotatable bonds is 6. The van der Waals surface area contributed by atoms with E-state index < -0.39 is 0 Å². The van der Waals surface area contributed by atoms with Crippen LogP contribution in [0.4, 0.5) is 5.69 Å². The Kier molecular flexibility index (Phi) is 8.91. The first kappa shape index (κ1) is 24.1. The lowest BCUT2D eigenvalue weighted by Crippen LogP contribution is -2.44. The van der Waals surface area contributed by atoms with Crippen molar-refractivity contribution in [3.63, 3.8) is 0 Å². The first-order chi connectivity index (χ1) is 13.2. The summed E-state index contributed by atoms with van der Waals surface area (Å²) in [4.78, 5) is 19.7. The Hall–Kier alpha value is -1.18. The number of fused-ring (bicyclic) bond motifs is 1. The number of aromatic nitrogens is 1. The normalized spacial score (nSPS) is 23.0. The van der Waals surface area contributed by atoms with Crippen LogP contribution in [0.5, 0.6) is 0 Å². The Labute approximate surface area is 189 Å². The highest BCUT2D eigenvalue weighted by Gasteiger charge is 2.49. The van der Waals surface area contributed by atoms with Gasteiger partial charge in [-0.05, 0) is 50.0 Å². The summed E-state index contributed by atoms with van der Waals surface area (Å²) >= 11 is 1.63. The van der Waals surface area contributed by atoms with E-state index in [4.69, 9.17) is 0 Å². The van der Waals surface area contributed by atoms with E-state index in [1.165, 1.54) is 18.4 Å². The molecule has 4 rings (SSSR count). The number of carbonyl (C=O) groups excluding carboxylic acids is 1. The van der Waals surface area contributed by atoms with Crippen LogP contribution in [0.15, 0.2) is 35.2 Å². The molecule has 0 radical (unpaired) electrons. The van der Waals surface area contributed by atoms with Gasteiger partial charge in [0.25, 0.3) is 0 Å². The molecule has 1 amide bonds. The summed E-state index contributed by atoms with van der Waals surface area (Å²) in [5, 5.41) is 8.77. The zero-order valence-electron chi connectivity index (χ0n) is 16.7. The topological polar surface area (TPSA) is 57.3 Å². The Balaban J connectivity index is 0.00000150. The third-order valence-electron chi connectivity index (χ3n) is 6.04. The third-order valence-corrected chi connectivity index (χ3v) is 6.68. The molecule has 2 N–H and O–H groups in total. The summed E-state index contributed by atoms with van der Waals surface area (Å²) in [7, 11) is 2.10. The fourth-order valence-electron chi connectivity index (χ4n) is 4.65. The van der Waals surface area contributed by atoms with E-state index in [-0.39, 0.29) is 36.1 Å². The molecule has 1 aromatic heterocycles. The van der Waals surface area contributed by atoms with E-state index >= 15 is 0 Å². The summed E-state index contributed by atoms with van der Waals surface area (Å²) < 4.78 is 0. The quantitative estimate of drug-likeness (QED) is 0.678. The van der Waals surface area contributed by atoms with Crippen LogP contribution < -0.4 is 10.6 Å². The van der Waals surface area contributed by atoms with Crippen molar-refractivity contribution in [3.8, 4) is 0 Å². The van der Waals surface area contributed by atoms with Crippen LogP contribution in [0.2, 0.25) is 0 Å². The van der Waals surface area contributed by atoms with E-state index in [2.05, 4.69) is 45.1 Å². The van der Waals surface area contributed by atoms with Gasteiger partial charge in [-0.1, -0.05) is 25.0 Å². The van der Waals surface area contributed by atoms with Gasteiger partial charge in [-0.15, -0.1) is 36.2 Å². The lowest BCUT2D eigenvalue weighted by molar-refractivity contribution is -0.128. The monoisotopic (exact) mass is 456 g/mol. The van der Waals surface area contributed by atoms with Gasteiger partial charge in [0.1, 0.15) is 0 Å². The zero-order valence-corrected chi connectivity index (χ0v) is 19.2. The second-order valence-corrected chi connectivity index (χ2v) is 8.76. The zero-order chi connectivity index (χ0) is 18.7. The summed E-state index contributed by atoms with van der Waals surface area (Å²) in [5.41, 5.74) is 4.87. The van der Waals surface area contributed by atoms with Gasteiger partial charge in [-0.2, -0.15) is 0 Å². The molecule has 1 aliphatic carbocycles. The number of hydrogen-bond acceptors (Lipinski definition) is 5. The number of hydrogen-bond donors (Lipinski definition) is 2. The smallest absolute Gasteiger partial charge is 0.232 e. The summed E-state index contributed by atoms with van der Waals surface area (Å²) in [6.45, 7) is 3.46. The fraction of sp³-hybridized carbons (Fsp3) is 0.524. The number of nitrogens with zero attached hydrogens (tertiary/aromatic N) is 2.